The number of rotatable bonds is 3. The van der Waals surface area contributed by atoms with E-state index in [1.807, 2.05) is 0 Å². The number of hydrogen-bond donors (Lipinski definition) is 3. The summed E-state index contributed by atoms with van der Waals surface area (Å²) in [6, 6.07) is 9.39. The van der Waals surface area contributed by atoms with Gasteiger partial charge in [0.05, 0.1) is 11.1 Å². The van der Waals surface area contributed by atoms with Crippen LogP contribution in [0.15, 0.2) is 42.5 Å². The van der Waals surface area contributed by atoms with Crippen molar-refractivity contribution < 1.29 is 19.1 Å². The normalized spacial score (nSPS) is 10.1. The summed E-state index contributed by atoms with van der Waals surface area (Å²) in [5, 5.41) is 11.3. The van der Waals surface area contributed by atoms with Crippen LogP contribution in [0, 0.1) is 5.82 Å². The van der Waals surface area contributed by atoms with Crippen LogP contribution >= 0.6 is 0 Å². The van der Waals surface area contributed by atoms with Crippen LogP contribution in [0.3, 0.4) is 0 Å². The van der Waals surface area contributed by atoms with Gasteiger partial charge in [0.15, 0.2) is 0 Å². The average molecular weight is 274 g/mol. The van der Waals surface area contributed by atoms with Crippen molar-refractivity contribution in [3.05, 3.63) is 59.4 Å². The van der Waals surface area contributed by atoms with Crippen LogP contribution in [0.5, 0.6) is 0 Å². The maximum absolute atomic E-state index is 13.6. The SMILES string of the molecule is Nc1ccc(C(=O)Nc2cccc(C(=O)O)c2)c(F)c1. The second kappa shape index (κ2) is 5.40. The van der Waals surface area contributed by atoms with Crippen molar-refractivity contribution in [1.82, 2.24) is 0 Å². The third-order valence-electron chi connectivity index (χ3n) is 2.61. The van der Waals surface area contributed by atoms with Crippen molar-refractivity contribution in [2.24, 2.45) is 0 Å². The van der Waals surface area contributed by atoms with Crippen molar-refractivity contribution >= 4 is 23.3 Å². The smallest absolute Gasteiger partial charge is 0.335 e. The number of carbonyl (C=O) groups excluding carboxylic acids is 1. The van der Waals surface area contributed by atoms with Gasteiger partial charge in [0.25, 0.3) is 5.91 Å². The van der Waals surface area contributed by atoms with Crippen molar-refractivity contribution in [1.29, 1.82) is 0 Å². The fourth-order valence-electron chi connectivity index (χ4n) is 1.64. The Labute approximate surface area is 113 Å². The van der Waals surface area contributed by atoms with Gasteiger partial charge in [0.2, 0.25) is 0 Å². The van der Waals surface area contributed by atoms with Gasteiger partial charge in [-0.3, -0.25) is 4.79 Å². The van der Waals surface area contributed by atoms with Gasteiger partial charge in [-0.1, -0.05) is 6.07 Å². The number of carboxylic acids is 1. The van der Waals surface area contributed by atoms with E-state index in [0.717, 1.165) is 6.07 Å². The molecular weight excluding hydrogens is 263 g/mol. The average Bonchev–Trinajstić information content (AvgIpc) is 2.38. The first-order chi connectivity index (χ1) is 9.47. The van der Waals surface area contributed by atoms with Crippen LogP contribution in [-0.2, 0) is 0 Å². The van der Waals surface area contributed by atoms with Gasteiger partial charge in [-0.15, -0.1) is 0 Å². The maximum atomic E-state index is 13.6. The molecule has 102 valence electrons. The van der Waals surface area contributed by atoms with E-state index in [1.165, 1.54) is 36.4 Å². The molecule has 2 aromatic carbocycles. The van der Waals surface area contributed by atoms with Crippen molar-refractivity contribution in [2.45, 2.75) is 0 Å². The van der Waals surface area contributed by atoms with Crippen molar-refractivity contribution in [3.8, 4) is 0 Å². The highest BCUT2D eigenvalue weighted by Gasteiger charge is 2.12. The number of carbonyl (C=O) groups is 2. The van der Waals surface area contributed by atoms with Gasteiger partial charge >= 0.3 is 5.97 Å². The summed E-state index contributed by atoms with van der Waals surface area (Å²) in [6.07, 6.45) is 0. The first kappa shape index (κ1) is 13.5. The zero-order chi connectivity index (χ0) is 14.7. The molecule has 2 rings (SSSR count). The molecule has 0 saturated carbocycles. The Morgan fingerprint density at radius 2 is 1.90 bits per heavy atom. The summed E-state index contributed by atoms with van der Waals surface area (Å²) in [7, 11) is 0. The molecule has 5 nitrogen and oxygen atoms in total. The highest BCUT2D eigenvalue weighted by Crippen LogP contribution is 2.16. The van der Waals surface area contributed by atoms with Crippen molar-refractivity contribution in [2.75, 3.05) is 11.1 Å². The lowest BCUT2D eigenvalue weighted by molar-refractivity contribution is 0.0696. The number of amides is 1. The molecule has 4 N–H and O–H groups in total. The summed E-state index contributed by atoms with van der Waals surface area (Å²) >= 11 is 0. The molecule has 6 heteroatoms. The summed E-state index contributed by atoms with van der Waals surface area (Å²) in [6.45, 7) is 0. The highest BCUT2D eigenvalue weighted by molar-refractivity contribution is 6.05. The fraction of sp³-hybridized carbons (Fsp3) is 0. The summed E-state index contributed by atoms with van der Waals surface area (Å²) in [5.74, 6) is -2.53. The number of hydrogen-bond acceptors (Lipinski definition) is 3. The van der Waals surface area contributed by atoms with Crippen LogP contribution in [0.2, 0.25) is 0 Å². The standard InChI is InChI=1S/C14H11FN2O3/c15-12-7-9(16)4-5-11(12)13(18)17-10-3-1-2-8(6-10)14(19)20/h1-7H,16H2,(H,17,18)(H,19,20). The number of halogens is 1. The van der Waals surface area contributed by atoms with Crippen LogP contribution in [0.4, 0.5) is 15.8 Å². The Balaban J connectivity index is 2.23. The second-order valence-corrected chi connectivity index (χ2v) is 4.08. The quantitative estimate of drug-likeness (QED) is 0.749. The molecule has 0 aromatic heterocycles. The monoisotopic (exact) mass is 274 g/mol. The molecule has 0 spiro atoms. The van der Waals surface area contributed by atoms with Gasteiger partial charge in [0.1, 0.15) is 5.82 Å². The third-order valence-corrected chi connectivity index (χ3v) is 2.61. The molecule has 20 heavy (non-hydrogen) atoms. The molecule has 0 saturated heterocycles. The van der Waals surface area contributed by atoms with E-state index in [-0.39, 0.29) is 22.5 Å². The minimum atomic E-state index is -1.11. The molecule has 0 bridgehead atoms. The Morgan fingerprint density at radius 3 is 2.55 bits per heavy atom. The lowest BCUT2D eigenvalue weighted by Crippen LogP contribution is -2.14. The number of nitrogens with one attached hydrogen (secondary N) is 1. The minimum Gasteiger partial charge on any atom is -0.478 e. The minimum absolute atomic E-state index is 0.0283. The summed E-state index contributed by atoms with van der Waals surface area (Å²) in [4.78, 5) is 22.7. The van der Waals surface area contributed by atoms with E-state index in [0.29, 0.717) is 0 Å². The van der Waals surface area contributed by atoms with Gasteiger partial charge in [-0.2, -0.15) is 0 Å². The summed E-state index contributed by atoms with van der Waals surface area (Å²) in [5.41, 5.74) is 5.74. The van der Waals surface area contributed by atoms with E-state index in [1.54, 1.807) is 0 Å². The van der Waals surface area contributed by atoms with Gasteiger partial charge in [-0.05, 0) is 36.4 Å². The molecule has 0 aliphatic carbocycles. The summed E-state index contributed by atoms with van der Waals surface area (Å²) < 4.78 is 13.6. The molecule has 1 amide bonds. The predicted molar refractivity (Wildman–Crippen MR) is 72.2 cm³/mol. The van der Waals surface area contributed by atoms with Crippen LogP contribution in [-0.4, -0.2) is 17.0 Å². The molecule has 0 fully saturated rings. The molecule has 0 aliphatic rings. The Kier molecular flexibility index (Phi) is 3.65. The van der Waals surface area contributed by atoms with Gasteiger partial charge < -0.3 is 16.2 Å². The molecule has 0 unspecified atom stereocenters. The Morgan fingerprint density at radius 1 is 1.15 bits per heavy atom. The fourth-order valence-corrected chi connectivity index (χ4v) is 1.64. The molecular formula is C14H11FN2O3. The van der Waals surface area contributed by atoms with E-state index in [2.05, 4.69) is 5.32 Å². The maximum Gasteiger partial charge on any atom is 0.335 e. The van der Waals surface area contributed by atoms with E-state index >= 15 is 0 Å². The molecule has 0 atom stereocenters. The molecule has 0 aliphatic heterocycles. The number of nitrogen functional groups attached to an aromatic ring is 1. The third kappa shape index (κ3) is 2.92. The first-order valence-corrected chi connectivity index (χ1v) is 5.67. The number of anilines is 2. The van der Waals surface area contributed by atoms with Crippen LogP contribution in [0.25, 0.3) is 0 Å². The van der Waals surface area contributed by atoms with Gasteiger partial charge in [-0.25, -0.2) is 9.18 Å². The zero-order valence-corrected chi connectivity index (χ0v) is 10.3. The lowest BCUT2D eigenvalue weighted by Gasteiger charge is -2.07. The zero-order valence-electron chi connectivity index (χ0n) is 10.3. The number of benzene rings is 2. The van der Waals surface area contributed by atoms with E-state index < -0.39 is 17.7 Å². The number of carboxylic acid groups (broad SMARTS) is 1. The lowest BCUT2D eigenvalue weighted by atomic mass is 10.1. The van der Waals surface area contributed by atoms with E-state index in [9.17, 15) is 14.0 Å². The largest absolute Gasteiger partial charge is 0.478 e. The van der Waals surface area contributed by atoms with Gasteiger partial charge in [0, 0.05) is 11.4 Å². The topological polar surface area (TPSA) is 92.4 Å². The molecule has 2 aromatic rings. The van der Waals surface area contributed by atoms with Crippen LogP contribution < -0.4 is 11.1 Å². The van der Waals surface area contributed by atoms with E-state index in [4.69, 9.17) is 10.8 Å². The first-order valence-electron chi connectivity index (χ1n) is 5.67. The predicted octanol–water partition coefficient (Wildman–Crippen LogP) is 2.36. The second-order valence-electron chi connectivity index (χ2n) is 4.08. The van der Waals surface area contributed by atoms with Crippen LogP contribution in [0.1, 0.15) is 20.7 Å². The van der Waals surface area contributed by atoms with Crippen molar-refractivity contribution in [3.63, 3.8) is 0 Å². The Hall–Kier alpha value is -2.89. The molecule has 0 heterocycles. The number of nitrogens with two attached hydrogens (primary N) is 1. The Bertz CT molecular complexity index is 686. The number of aromatic carboxylic acids is 1. The highest BCUT2D eigenvalue weighted by atomic mass is 19.1. The molecule has 0 radical (unpaired) electrons.